The van der Waals surface area contributed by atoms with Gasteiger partial charge in [0.2, 0.25) is 0 Å². The van der Waals surface area contributed by atoms with Gasteiger partial charge in [-0.15, -0.1) is 10.2 Å². The van der Waals surface area contributed by atoms with Crippen LogP contribution in [0.25, 0.3) is 76.1 Å². The number of rotatable bonds is 6. The molecule has 4 heterocycles. The Balaban J connectivity index is 1.31. The molecular formula is C37H26N6S. The van der Waals surface area contributed by atoms with Gasteiger partial charge in [0.1, 0.15) is 10.0 Å². The van der Waals surface area contributed by atoms with E-state index in [0.717, 1.165) is 60.0 Å². The van der Waals surface area contributed by atoms with Crippen LogP contribution in [0, 0.1) is 0 Å². The minimum Gasteiger partial charge on any atom is -0.308 e. The molecule has 0 unspecified atom stereocenters. The summed E-state index contributed by atoms with van der Waals surface area (Å²) >= 11 is 1.61. The van der Waals surface area contributed by atoms with Gasteiger partial charge >= 0.3 is 0 Å². The summed E-state index contributed by atoms with van der Waals surface area (Å²) in [5.41, 5.74) is 8.48. The fourth-order valence-electron chi connectivity index (χ4n) is 6.22. The van der Waals surface area contributed by atoms with E-state index in [9.17, 15) is 0 Å². The van der Waals surface area contributed by atoms with Crippen molar-refractivity contribution in [2.24, 2.45) is 4.99 Å². The third kappa shape index (κ3) is 4.01. The van der Waals surface area contributed by atoms with Crippen LogP contribution in [0.1, 0.15) is 6.92 Å². The van der Waals surface area contributed by atoms with Gasteiger partial charge < -0.3 is 9.13 Å². The molecule has 4 aromatic heterocycles. The zero-order valence-electron chi connectivity index (χ0n) is 23.9. The maximum absolute atomic E-state index is 4.74. The molecule has 0 N–H and O–H groups in total. The van der Waals surface area contributed by atoms with Crippen LogP contribution in [0.4, 0.5) is 0 Å². The van der Waals surface area contributed by atoms with Gasteiger partial charge in [-0.25, -0.2) is 0 Å². The highest BCUT2D eigenvalue weighted by Gasteiger charge is 2.20. The van der Waals surface area contributed by atoms with Crippen LogP contribution in [-0.4, -0.2) is 31.0 Å². The molecule has 210 valence electrons. The van der Waals surface area contributed by atoms with Crippen molar-refractivity contribution in [1.82, 2.24) is 24.3 Å². The minimum absolute atomic E-state index is 0.872. The molecule has 0 aliphatic rings. The zero-order valence-corrected chi connectivity index (χ0v) is 24.7. The molecule has 0 atom stereocenters. The second-order valence-corrected chi connectivity index (χ2v) is 11.5. The van der Waals surface area contributed by atoms with Gasteiger partial charge in [0.25, 0.3) is 0 Å². The number of aliphatic imine (C=N–C) groups is 1. The summed E-state index contributed by atoms with van der Waals surface area (Å²) in [6.07, 6.45) is 9.57. The van der Waals surface area contributed by atoms with Crippen molar-refractivity contribution in [2.45, 2.75) is 6.92 Å². The van der Waals surface area contributed by atoms with Crippen molar-refractivity contribution in [3.05, 3.63) is 128 Å². The highest BCUT2D eigenvalue weighted by atomic mass is 32.1. The lowest BCUT2D eigenvalue weighted by atomic mass is 10.1. The van der Waals surface area contributed by atoms with Gasteiger partial charge in [0.15, 0.2) is 0 Å². The monoisotopic (exact) mass is 586 g/mol. The van der Waals surface area contributed by atoms with E-state index < -0.39 is 0 Å². The fraction of sp³-hybridized carbons (Fsp3) is 0.0270. The normalized spacial score (nSPS) is 12.3. The van der Waals surface area contributed by atoms with Crippen molar-refractivity contribution in [1.29, 1.82) is 0 Å². The number of allylic oxidation sites excluding steroid dienone is 3. The van der Waals surface area contributed by atoms with Gasteiger partial charge in [0.05, 0.1) is 45.8 Å². The number of pyridine rings is 1. The Hall–Kier alpha value is -5.66. The maximum Gasteiger partial charge on any atom is 0.150 e. The van der Waals surface area contributed by atoms with E-state index in [2.05, 4.69) is 123 Å². The fourth-order valence-corrected chi connectivity index (χ4v) is 7.08. The first kappa shape index (κ1) is 26.0. The Morgan fingerprint density at radius 3 is 2.32 bits per heavy atom. The second kappa shape index (κ2) is 10.6. The summed E-state index contributed by atoms with van der Waals surface area (Å²) in [6, 6.07) is 33.9. The van der Waals surface area contributed by atoms with Gasteiger partial charge in [-0.05, 0) is 68.2 Å². The zero-order chi connectivity index (χ0) is 29.6. The quantitative estimate of drug-likeness (QED) is 0.144. The first-order valence-corrected chi connectivity index (χ1v) is 15.2. The van der Waals surface area contributed by atoms with Crippen LogP contribution >= 0.6 is 11.3 Å². The maximum atomic E-state index is 4.74. The van der Waals surface area contributed by atoms with Gasteiger partial charge in [-0.1, -0.05) is 65.9 Å². The van der Waals surface area contributed by atoms with Gasteiger partial charge in [-0.3, -0.25) is 9.98 Å². The van der Waals surface area contributed by atoms with Crippen molar-refractivity contribution in [3.63, 3.8) is 0 Å². The Bertz CT molecular complexity index is 2420. The molecule has 0 amide bonds. The lowest BCUT2D eigenvalue weighted by molar-refractivity contribution is 1.10. The molecule has 0 saturated heterocycles. The molecular weight excluding hydrogens is 561 g/mol. The molecule has 0 fully saturated rings. The molecule has 8 rings (SSSR count). The number of hydrogen-bond donors (Lipinski definition) is 0. The van der Waals surface area contributed by atoms with Crippen LogP contribution in [0.3, 0.4) is 0 Å². The number of para-hydroxylation sites is 3. The van der Waals surface area contributed by atoms with Crippen molar-refractivity contribution in [3.8, 4) is 26.8 Å². The van der Waals surface area contributed by atoms with Crippen molar-refractivity contribution < 1.29 is 0 Å². The summed E-state index contributed by atoms with van der Waals surface area (Å²) in [5.74, 6) is 0. The average Bonchev–Trinajstić information content (AvgIpc) is 3.78. The van der Waals surface area contributed by atoms with E-state index in [0.29, 0.717) is 0 Å². The minimum atomic E-state index is 0.872. The third-order valence-electron chi connectivity index (χ3n) is 7.99. The lowest BCUT2D eigenvalue weighted by Gasteiger charge is -2.09. The molecule has 7 heteroatoms. The molecule has 0 bridgehead atoms. The van der Waals surface area contributed by atoms with E-state index in [1.54, 1.807) is 23.7 Å². The molecule has 0 radical (unpaired) electrons. The number of hydrogen-bond acceptors (Lipinski definition) is 5. The van der Waals surface area contributed by atoms with E-state index in [4.69, 9.17) is 10.2 Å². The Morgan fingerprint density at radius 1 is 0.773 bits per heavy atom. The molecule has 44 heavy (non-hydrogen) atoms. The molecule has 0 saturated carbocycles. The highest BCUT2D eigenvalue weighted by molar-refractivity contribution is 7.18. The molecule has 0 aliphatic carbocycles. The first-order valence-electron chi connectivity index (χ1n) is 14.4. The Kier molecular flexibility index (Phi) is 6.24. The largest absolute Gasteiger partial charge is 0.308 e. The van der Waals surface area contributed by atoms with Gasteiger partial charge in [-0.2, -0.15) is 0 Å². The van der Waals surface area contributed by atoms with E-state index in [1.165, 1.54) is 16.2 Å². The SMILES string of the molecule is C=N/C=C(\C=C/C)n1c2ccccc2c2cc(-c3nnc(-c4cccc5c6ccccc6n(-c6cccnc6)c45)s3)ccc21. The number of aromatic nitrogens is 5. The summed E-state index contributed by atoms with van der Waals surface area (Å²) < 4.78 is 4.51. The Morgan fingerprint density at radius 2 is 1.52 bits per heavy atom. The van der Waals surface area contributed by atoms with E-state index in [1.807, 2.05) is 25.3 Å². The molecule has 6 nitrogen and oxygen atoms in total. The number of benzene rings is 4. The first-order chi connectivity index (χ1) is 21.8. The third-order valence-corrected chi connectivity index (χ3v) is 9.00. The molecule has 8 aromatic rings. The molecule has 0 spiro atoms. The summed E-state index contributed by atoms with van der Waals surface area (Å²) in [5, 5.41) is 15.9. The van der Waals surface area contributed by atoms with Crippen LogP contribution in [-0.2, 0) is 0 Å². The summed E-state index contributed by atoms with van der Waals surface area (Å²) in [4.78, 5) is 8.49. The highest BCUT2D eigenvalue weighted by Crippen LogP contribution is 2.41. The van der Waals surface area contributed by atoms with E-state index >= 15 is 0 Å². The predicted octanol–water partition coefficient (Wildman–Crippen LogP) is 9.55. The average molecular weight is 587 g/mol. The molecule has 0 aliphatic heterocycles. The van der Waals surface area contributed by atoms with Crippen LogP contribution in [0.2, 0.25) is 0 Å². The predicted molar refractivity (Wildman–Crippen MR) is 185 cm³/mol. The van der Waals surface area contributed by atoms with E-state index in [-0.39, 0.29) is 0 Å². The number of nitrogens with zero attached hydrogens (tertiary/aromatic N) is 6. The van der Waals surface area contributed by atoms with Gasteiger partial charge in [0, 0.05) is 38.9 Å². The summed E-state index contributed by atoms with van der Waals surface area (Å²) in [6.45, 7) is 5.70. The Labute approximate surface area is 257 Å². The van der Waals surface area contributed by atoms with Crippen LogP contribution in [0.5, 0.6) is 0 Å². The smallest absolute Gasteiger partial charge is 0.150 e. The lowest BCUT2D eigenvalue weighted by Crippen LogP contribution is -1.95. The standard InChI is InChI=1S/C37H26N6S/c1-3-10-25(22-38-2)42-32-16-6-5-13-28(32)31-21-24(18-19-34(31)42)36-40-41-37(44-36)30-15-8-14-29-27-12-4-7-17-33(27)43(35(29)30)26-11-9-20-39-23-26/h3-23H,2H2,1H3/b10-3-,25-22+. The summed E-state index contributed by atoms with van der Waals surface area (Å²) in [7, 11) is 0. The second-order valence-electron chi connectivity index (χ2n) is 10.5. The van der Waals surface area contributed by atoms with Crippen molar-refractivity contribution in [2.75, 3.05) is 0 Å². The van der Waals surface area contributed by atoms with Crippen molar-refractivity contribution >= 4 is 67.4 Å². The topological polar surface area (TPSA) is 60.9 Å². The molecule has 4 aromatic carbocycles. The van der Waals surface area contributed by atoms with Crippen LogP contribution < -0.4 is 0 Å². The van der Waals surface area contributed by atoms with Crippen LogP contribution in [0.15, 0.2) is 133 Å². The number of fused-ring (bicyclic) bond motifs is 6.